The Morgan fingerprint density at radius 1 is 0.720 bits per heavy atom. The molecule has 0 saturated heterocycles. The number of hydrogen-bond acceptors (Lipinski definition) is 1. The van der Waals surface area contributed by atoms with Crippen molar-refractivity contribution in [2.45, 2.75) is 12.5 Å². The van der Waals surface area contributed by atoms with E-state index in [2.05, 4.69) is 101 Å². The molecule has 124 valence electrons. The number of hydrogen-bond donors (Lipinski definition) is 2. The SMILES string of the molecule is c1ccc(C(NCCc2c[nH]c3ccccc23)c2ccccc2)cc1. The van der Waals surface area contributed by atoms with E-state index < -0.39 is 0 Å². The Bertz CT molecular complexity index is 886. The predicted octanol–water partition coefficient (Wildman–Crippen LogP) is 5.09. The molecule has 25 heavy (non-hydrogen) atoms. The lowest BCUT2D eigenvalue weighted by molar-refractivity contribution is 0.607. The number of aromatic amines is 1. The van der Waals surface area contributed by atoms with Crippen molar-refractivity contribution in [1.29, 1.82) is 0 Å². The van der Waals surface area contributed by atoms with Gasteiger partial charge in [-0.05, 0) is 29.2 Å². The molecule has 0 amide bonds. The average molecular weight is 326 g/mol. The highest BCUT2D eigenvalue weighted by Crippen LogP contribution is 2.22. The molecule has 0 bridgehead atoms. The van der Waals surface area contributed by atoms with Crippen LogP contribution >= 0.6 is 0 Å². The van der Waals surface area contributed by atoms with Gasteiger partial charge in [-0.2, -0.15) is 0 Å². The molecule has 1 aromatic heterocycles. The quantitative estimate of drug-likeness (QED) is 0.507. The van der Waals surface area contributed by atoms with Crippen molar-refractivity contribution in [2.75, 3.05) is 6.54 Å². The fourth-order valence-electron chi connectivity index (χ4n) is 3.41. The van der Waals surface area contributed by atoms with Gasteiger partial charge in [0.15, 0.2) is 0 Å². The first-order valence-electron chi connectivity index (χ1n) is 8.80. The molecule has 4 aromatic rings. The minimum Gasteiger partial charge on any atom is -0.361 e. The van der Waals surface area contributed by atoms with Gasteiger partial charge in [0.05, 0.1) is 6.04 Å². The van der Waals surface area contributed by atoms with Crippen LogP contribution in [0.3, 0.4) is 0 Å². The minimum absolute atomic E-state index is 0.215. The number of aromatic nitrogens is 1. The Morgan fingerprint density at radius 2 is 1.32 bits per heavy atom. The first-order valence-corrected chi connectivity index (χ1v) is 8.80. The normalized spacial score (nSPS) is 11.2. The molecule has 0 unspecified atom stereocenters. The number of H-pyrrole nitrogens is 1. The van der Waals surface area contributed by atoms with Gasteiger partial charge in [-0.3, -0.25) is 0 Å². The minimum atomic E-state index is 0.215. The fourth-order valence-corrected chi connectivity index (χ4v) is 3.41. The van der Waals surface area contributed by atoms with Crippen LogP contribution in [-0.4, -0.2) is 11.5 Å². The van der Waals surface area contributed by atoms with E-state index in [1.807, 2.05) is 0 Å². The largest absolute Gasteiger partial charge is 0.361 e. The molecular formula is C23H22N2. The van der Waals surface area contributed by atoms with Crippen molar-refractivity contribution in [2.24, 2.45) is 0 Å². The van der Waals surface area contributed by atoms with Crippen LogP contribution in [0.2, 0.25) is 0 Å². The van der Waals surface area contributed by atoms with E-state index in [0.29, 0.717) is 0 Å². The number of nitrogens with one attached hydrogen (secondary N) is 2. The van der Waals surface area contributed by atoms with Crippen molar-refractivity contribution in [3.8, 4) is 0 Å². The van der Waals surface area contributed by atoms with E-state index in [4.69, 9.17) is 0 Å². The standard InChI is InChI=1S/C23H22N2/c1-3-9-18(10-4-1)23(19-11-5-2-6-12-19)24-16-15-20-17-25-22-14-8-7-13-21(20)22/h1-14,17,23-25H,15-16H2. The zero-order valence-electron chi connectivity index (χ0n) is 14.2. The van der Waals surface area contributed by atoms with Crippen molar-refractivity contribution in [3.05, 3.63) is 108 Å². The van der Waals surface area contributed by atoms with Crippen molar-refractivity contribution in [3.63, 3.8) is 0 Å². The topological polar surface area (TPSA) is 27.8 Å². The summed E-state index contributed by atoms with van der Waals surface area (Å²) in [5, 5.41) is 5.06. The molecule has 0 atom stereocenters. The molecule has 0 saturated carbocycles. The number of benzene rings is 3. The zero-order chi connectivity index (χ0) is 16.9. The third kappa shape index (κ3) is 3.49. The summed E-state index contributed by atoms with van der Waals surface area (Å²) in [7, 11) is 0. The van der Waals surface area contributed by atoms with E-state index in [0.717, 1.165) is 13.0 Å². The van der Waals surface area contributed by atoms with E-state index >= 15 is 0 Å². The molecule has 4 rings (SSSR count). The number of fused-ring (bicyclic) bond motifs is 1. The van der Waals surface area contributed by atoms with E-state index in [1.165, 1.54) is 27.6 Å². The lowest BCUT2D eigenvalue weighted by atomic mass is 9.98. The fraction of sp³-hybridized carbons (Fsp3) is 0.130. The van der Waals surface area contributed by atoms with E-state index in [-0.39, 0.29) is 6.04 Å². The zero-order valence-corrected chi connectivity index (χ0v) is 14.2. The monoisotopic (exact) mass is 326 g/mol. The number of para-hydroxylation sites is 1. The van der Waals surface area contributed by atoms with Crippen LogP contribution in [0.1, 0.15) is 22.7 Å². The highest BCUT2D eigenvalue weighted by molar-refractivity contribution is 5.83. The summed E-state index contributed by atoms with van der Waals surface area (Å²) < 4.78 is 0. The molecule has 0 fully saturated rings. The Hall–Kier alpha value is -2.84. The van der Waals surface area contributed by atoms with Gasteiger partial charge in [0.1, 0.15) is 0 Å². The molecule has 2 nitrogen and oxygen atoms in total. The van der Waals surface area contributed by atoms with Gasteiger partial charge in [-0.15, -0.1) is 0 Å². The van der Waals surface area contributed by atoms with Crippen LogP contribution in [-0.2, 0) is 6.42 Å². The molecule has 0 spiro atoms. The van der Waals surface area contributed by atoms with Crippen LogP contribution in [0.4, 0.5) is 0 Å². The van der Waals surface area contributed by atoms with Gasteiger partial charge < -0.3 is 10.3 Å². The van der Waals surface area contributed by atoms with Crippen LogP contribution in [0, 0.1) is 0 Å². The second-order valence-electron chi connectivity index (χ2n) is 6.32. The Kier molecular flexibility index (Phi) is 4.62. The summed E-state index contributed by atoms with van der Waals surface area (Å²) in [5.41, 5.74) is 5.17. The van der Waals surface area contributed by atoms with Gasteiger partial charge in [0.25, 0.3) is 0 Å². The Balaban J connectivity index is 1.51. The molecule has 0 aliphatic carbocycles. The van der Waals surface area contributed by atoms with Crippen molar-refractivity contribution >= 4 is 10.9 Å². The average Bonchev–Trinajstić information content (AvgIpc) is 3.10. The highest BCUT2D eigenvalue weighted by Gasteiger charge is 2.13. The summed E-state index contributed by atoms with van der Waals surface area (Å²) in [6.07, 6.45) is 3.13. The van der Waals surface area contributed by atoms with Gasteiger partial charge in [0.2, 0.25) is 0 Å². The van der Waals surface area contributed by atoms with Gasteiger partial charge in [-0.1, -0.05) is 78.9 Å². The van der Waals surface area contributed by atoms with Crippen LogP contribution < -0.4 is 5.32 Å². The Morgan fingerprint density at radius 3 is 2.00 bits per heavy atom. The van der Waals surface area contributed by atoms with Gasteiger partial charge >= 0.3 is 0 Å². The maximum Gasteiger partial charge on any atom is 0.0576 e. The van der Waals surface area contributed by atoms with Crippen LogP contribution in [0.25, 0.3) is 10.9 Å². The van der Waals surface area contributed by atoms with Crippen molar-refractivity contribution < 1.29 is 0 Å². The molecule has 0 radical (unpaired) electrons. The maximum atomic E-state index is 3.74. The maximum absolute atomic E-state index is 3.74. The summed E-state index contributed by atoms with van der Waals surface area (Å²) in [6, 6.07) is 30.0. The highest BCUT2D eigenvalue weighted by atomic mass is 14.9. The molecular weight excluding hydrogens is 304 g/mol. The van der Waals surface area contributed by atoms with Crippen LogP contribution in [0.5, 0.6) is 0 Å². The molecule has 2 N–H and O–H groups in total. The smallest absolute Gasteiger partial charge is 0.0576 e. The van der Waals surface area contributed by atoms with E-state index in [1.54, 1.807) is 0 Å². The second-order valence-corrected chi connectivity index (χ2v) is 6.32. The predicted molar refractivity (Wildman–Crippen MR) is 105 cm³/mol. The molecule has 3 aromatic carbocycles. The second kappa shape index (κ2) is 7.37. The Labute approximate surface area is 148 Å². The third-order valence-corrected chi connectivity index (χ3v) is 4.68. The van der Waals surface area contributed by atoms with E-state index in [9.17, 15) is 0 Å². The summed E-state index contributed by atoms with van der Waals surface area (Å²) >= 11 is 0. The third-order valence-electron chi connectivity index (χ3n) is 4.68. The molecule has 2 heteroatoms. The molecule has 0 aliphatic rings. The summed E-state index contributed by atoms with van der Waals surface area (Å²) in [6.45, 7) is 0.927. The lowest BCUT2D eigenvalue weighted by Gasteiger charge is -2.20. The van der Waals surface area contributed by atoms with Gasteiger partial charge in [0, 0.05) is 23.6 Å². The first-order chi connectivity index (χ1) is 12.4. The molecule has 0 aliphatic heterocycles. The summed E-state index contributed by atoms with van der Waals surface area (Å²) in [5.74, 6) is 0. The van der Waals surface area contributed by atoms with Crippen molar-refractivity contribution in [1.82, 2.24) is 10.3 Å². The van der Waals surface area contributed by atoms with Gasteiger partial charge in [-0.25, -0.2) is 0 Å². The molecule has 1 heterocycles. The first kappa shape index (κ1) is 15.7. The lowest BCUT2D eigenvalue weighted by Crippen LogP contribution is -2.24. The number of rotatable bonds is 6. The summed E-state index contributed by atoms with van der Waals surface area (Å²) in [4.78, 5) is 3.36. The van der Waals surface area contributed by atoms with Crippen LogP contribution in [0.15, 0.2) is 91.1 Å².